The lowest BCUT2D eigenvalue weighted by molar-refractivity contribution is 0.0939. The molecule has 1 amide bonds. The monoisotopic (exact) mass is 379 g/mol. The Morgan fingerprint density at radius 1 is 1.41 bits per heavy atom. The molecular weight excluding hydrogens is 369 g/mol. The molecule has 1 aliphatic rings. The second-order valence-electron chi connectivity index (χ2n) is 4.13. The highest BCUT2D eigenvalue weighted by Crippen LogP contribution is 2.28. The van der Waals surface area contributed by atoms with Crippen molar-refractivity contribution in [3.63, 3.8) is 0 Å². The molecule has 1 aliphatic carbocycles. The first kappa shape index (κ1) is 13.4. The number of carbonyl (C=O) groups excluding carboxylic acids is 1. The number of hydrogen-bond donors (Lipinski definition) is 1. The summed E-state index contributed by atoms with van der Waals surface area (Å²) in [5, 5.41) is 3.49. The fourth-order valence-electron chi connectivity index (χ4n) is 2.00. The summed E-state index contributed by atoms with van der Waals surface area (Å²) >= 11 is 13.0. The van der Waals surface area contributed by atoms with E-state index in [0.29, 0.717) is 15.4 Å². The zero-order valence-electron chi connectivity index (χ0n) is 9.05. The van der Waals surface area contributed by atoms with E-state index in [1.54, 1.807) is 6.07 Å². The number of benzene rings is 1. The Kier molecular flexibility index (Phi) is 4.50. The topological polar surface area (TPSA) is 29.1 Å². The molecule has 2 atom stereocenters. The van der Waals surface area contributed by atoms with E-state index >= 15 is 0 Å². The van der Waals surface area contributed by atoms with Gasteiger partial charge in [0.1, 0.15) is 0 Å². The first-order chi connectivity index (χ1) is 8.09. The molecule has 2 unspecified atom stereocenters. The molecular formula is C12H12Br2ClNO. The Bertz CT molecular complexity index is 439. The standard InChI is InChI=1S/C12H12Br2ClNO/c13-8-4-2-6-10(8)16-12(17)7-3-1-5-9(14)11(7)15/h1,3,5,8,10H,2,4,6H2,(H,16,17). The SMILES string of the molecule is O=C(NC1CCCC1Br)c1cccc(Br)c1Cl. The van der Waals surface area contributed by atoms with Crippen molar-refractivity contribution in [1.82, 2.24) is 5.32 Å². The van der Waals surface area contributed by atoms with Crippen LogP contribution in [0.25, 0.3) is 0 Å². The molecule has 17 heavy (non-hydrogen) atoms. The molecule has 1 aromatic rings. The highest BCUT2D eigenvalue weighted by Gasteiger charge is 2.27. The first-order valence-electron chi connectivity index (χ1n) is 5.48. The molecule has 0 radical (unpaired) electrons. The predicted octanol–water partition coefficient (Wildman–Crippen LogP) is 4.15. The lowest BCUT2D eigenvalue weighted by Crippen LogP contribution is -2.37. The fraction of sp³-hybridized carbons (Fsp3) is 0.417. The van der Waals surface area contributed by atoms with E-state index in [9.17, 15) is 4.79 Å². The summed E-state index contributed by atoms with van der Waals surface area (Å²) in [5.41, 5.74) is 0.521. The third kappa shape index (κ3) is 3.04. The van der Waals surface area contributed by atoms with Gasteiger partial charge in [0.15, 0.2) is 0 Å². The second-order valence-corrected chi connectivity index (χ2v) is 6.54. The Balaban J connectivity index is 2.12. The van der Waals surface area contributed by atoms with Crippen molar-refractivity contribution in [2.45, 2.75) is 30.1 Å². The van der Waals surface area contributed by atoms with Gasteiger partial charge in [-0.05, 0) is 40.9 Å². The molecule has 0 aromatic heterocycles. The third-order valence-electron chi connectivity index (χ3n) is 2.94. The predicted molar refractivity (Wildman–Crippen MR) is 77.0 cm³/mol. The van der Waals surface area contributed by atoms with Crippen LogP contribution in [0.3, 0.4) is 0 Å². The zero-order chi connectivity index (χ0) is 12.4. The van der Waals surface area contributed by atoms with E-state index in [1.807, 2.05) is 12.1 Å². The van der Waals surface area contributed by atoms with Crippen LogP contribution < -0.4 is 5.32 Å². The number of nitrogens with one attached hydrogen (secondary N) is 1. The maximum Gasteiger partial charge on any atom is 0.253 e. The van der Waals surface area contributed by atoms with Gasteiger partial charge < -0.3 is 5.32 Å². The van der Waals surface area contributed by atoms with Crippen LogP contribution in [0.4, 0.5) is 0 Å². The maximum atomic E-state index is 12.1. The number of amides is 1. The van der Waals surface area contributed by atoms with Gasteiger partial charge in [-0.3, -0.25) is 4.79 Å². The Hall–Kier alpha value is -0.0600. The van der Waals surface area contributed by atoms with Crippen LogP contribution in [-0.4, -0.2) is 16.8 Å². The highest BCUT2D eigenvalue weighted by atomic mass is 79.9. The van der Waals surface area contributed by atoms with Crippen molar-refractivity contribution in [1.29, 1.82) is 0 Å². The van der Waals surface area contributed by atoms with Crippen molar-refractivity contribution in [2.75, 3.05) is 0 Å². The van der Waals surface area contributed by atoms with Crippen LogP contribution in [0.1, 0.15) is 29.6 Å². The van der Waals surface area contributed by atoms with Crippen LogP contribution >= 0.6 is 43.5 Å². The van der Waals surface area contributed by atoms with E-state index in [2.05, 4.69) is 37.2 Å². The molecule has 0 saturated heterocycles. The molecule has 0 heterocycles. The van der Waals surface area contributed by atoms with Gasteiger partial charge in [-0.25, -0.2) is 0 Å². The molecule has 5 heteroatoms. The number of alkyl halides is 1. The molecule has 2 nitrogen and oxygen atoms in total. The molecule has 0 spiro atoms. The van der Waals surface area contributed by atoms with Crippen LogP contribution in [0.15, 0.2) is 22.7 Å². The summed E-state index contributed by atoms with van der Waals surface area (Å²) in [6, 6.07) is 5.57. The average molecular weight is 381 g/mol. The Morgan fingerprint density at radius 2 is 2.18 bits per heavy atom. The third-order valence-corrected chi connectivity index (χ3v) is 5.34. The van der Waals surface area contributed by atoms with Gasteiger partial charge in [-0.1, -0.05) is 40.0 Å². The molecule has 92 valence electrons. The van der Waals surface area contributed by atoms with Gasteiger partial charge in [-0.2, -0.15) is 0 Å². The molecule has 1 fully saturated rings. The van der Waals surface area contributed by atoms with Gasteiger partial charge in [0.2, 0.25) is 0 Å². The van der Waals surface area contributed by atoms with Crippen molar-refractivity contribution < 1.29 is 4.79 Å². The van der Waals surface area contributed by atoms with E-state index < -0.39 is 0 Å². The van der Waals surface area contributed by atoms with Gasteiger partial charge in [0.25, 0.3) is 5.91 Å². The summed E-state index contributed by atoms with van der Waals surface area (Å²) in [6.07, 6.45) is 3.28. The van der Waals surface area contributed by atoms with E-state index in [4.69, 9.17) is 11.6 Å². The average Bonchev–Trinajstić information content (AvgIpc) is 2.68. The van der Waals surface area contributed by atoms with Crippen LogP contribution in [0.5, 0.6) is 0 Å². The second kappa shape index (κ2) is 5.72. The smallest absolute Gasteiger partial charge is 0.253 e. The summed E-state index contributed by atoms with van der Waals surface area (Å²) in [7, 11) is 0. The Morgan fingerprint density at radius 3 is 2.82 bits per heavy atom. The van der Waals surface area contributed by atoms with E-state index in [0.717, 1.165) is 23.7 Å². The molecule has 0 bridgehead atoms. The minimum Gasteiger partial charge on any atom is -0.348 e. The van der Waals surface area contributed by atoms with Gasteiger partial charge >= 0.3 is 0 Å². The van der Waals surface area contributed by atoms with E-state index in [-0.39, 0.29) is 11.9 Å². The van der Waals surface area contributed by atoms with E-state index in [1.165, 1.54) is 0 Å². The number of carbonyl (C=O) groups is 1. The lowest BCUT2D eigenvalue weighted by atomic mass is 10.2. The van der Waals surface area contributed by atoms with Gasteiger partial charge in [0, 0.05) is 15.3 Å². The first-order valence-corrected chi connectivity index (χ1v) is 7.57. The summed E-state index contributed by atoms with van der Waals surface area (Å²) in [6.45, 7) is 0. The highest BCUT2D eigenvalue weighted by molar-refractivity contribution is 9.10. The number of hydrogen-bond acceptors (Lipinski definition) is 1. The van der Waals surface area contributed by atoms with Gasteiger partial charge in [0.05, 0.1) is 10.6 Å². The quantitative estimate of drug-likeness (QED) is 0.766. The summed E-state index contributed by atoms with van der Waals surface area (Å²) in [5.74, 6) is -0.104. The van der Waals surface area contributed by atoms with Gasteiger partial charge in [-0.15, -0.1) is 0 Å². The summed E-state index contributed by atoms with van der Waals surface area (Å²) < 4.78 is 0.744. The number of rotatable bonds is 2. The van der Waals surface area contributed by atoms with Crippen LogP contribution in [-0.2, 0) is 0 Å². The zero-order valence-corrected chi connectivity index (χ0v) is 13.0. The lowest BCUT2D eigenvalue weighted by Gasteiger charge is -2.16. The van der Waals surface area contributed by atoms with Crippen molar-refractivity contribution in [2.24, 2.45) is 0 Å². The largest absolute Gasteiger partial charge is 0.348 e. The molecule has 0 aliphatic heterocycles. The summed E-state index contributed by atoms with van der Waals surface area (Å²) in [4.78, 5) is 12.5. The van der Waals surface area contributed by atoms with Crippen molar-refractivity contribution in [3.8, 4) is 0 Å². The fourth-order valence-corrected chi connectivity index (χ4v) is 3.30. The molecule has 1 aromatic carbocycles. The Labute approximate surface area is 122 Å². The molecule has 1 N–H and O–H groups in total. The van der Waals surface area contributed by atoms with Crippen LogP contribution in [0, 0.1) is 0 Å². The van der Waals surface area contributed by atoms with Crippen molar-refractivity contribution in [3.05, 3.63) is 33.3 Å². The minimum absolute atomic E-state index is 0.104. The number of halogens is 3. The normalized spacial score (nSPS) is 23.7. The van der Waals surface area contributed by atoms with Crippen molar-refractivity contribution >= 4 is 49.4 Å². The maximum absolute atomic E-state index is 12.1. The molecule has 1 saturated carbocycles. The van der Waals surface area contributed by atoms with Crippen LogP contribution in [0.2, 0.25) is 5.02 Å². The molecule has 2 rings (SSSR count). The minimum atomic E-state index is -0.104.